The molecule has 0 fully saturated rings. The van der Waals surface area contributed by atoms with Crippen molar-refractivity contribution in [3.05, 3.63) is 59.7 Å². The number of hydrogen-bond acceptors (Lipinski definition) is 2. The molecule has 0 saturated heterocycles. The van der Waals surface area contributed by atoms with Crippen molar-refractivity contribution in [1.29, 1.82) is 0 Å². The second-order valence-corrected chi connectivity index (χ2v) is 4.57. The van der Waals surface area contributed by atoms with Gasteiger partial charge in [-0.05, 0) is 30.7 Å². The molecular weight excluding hydrogens is 236 g/mol. The number of aromatic nitrogens is 1. The number of anilines is 2. The molecule has 94 valence electrons. The Morgan fingerprint density at radius 3 is 2.74 bits per heavy atom. The van der Waals surface area contributed by atoms with E-state index in [1.807, 2.05) is 55.5 Å². The highest BCUT2D eigenvalue weighted by atomic mass is 16.1. The zero-order chi connectivity index (χ0) is 13.2. The van der Waals surface area contributed by atoms with E-state index in [9.17, 15) is 4.79 Å². The van der Waals surface area contributed by atoms with Crippen molar-refractivity contribution in [3.8, 4) is 0 Å². The van der Waals surface area contributed by atoms with E-state index in [4.69, 9.17) is 0 Å². The first-order valence-electron chi connectivity index (χ1n) is 6.17. The SMILES string of the molecule is Cc1cccc(Nc2[nH]c3ccccc3c2C=O)c1. The van der Waals surface area contributed by atoms with Gasteiger partial charge < -0.3 is 10.3 Å². The van der Waals surface area contributed by atoms with Crippen LogP contribution >= 0.6 is 0 Å². The lowest BCUT2D eigenvalue weighted by Crippen LogP contribution is -1.94. The molecule has 19 heavy (non-hydrogen) atoms. The Kier molecular flexibility index (Phi) is 2.80. The summed E-state index contributed by atoms with van der Waals surface area (Å²) in [7, 11) is 0. The third-order valence-electron chi connectivity index (χ3n) is 3.15. The van der Waals surface area contributed by atoms with E-state index in [2.05, 4.69) is 10.3 Å². The van der Waals surface area contributed by atoms with Crippen molar-refractivity contribution in [3.63, 3.8) is 0 Å². The minimum atomic E-state index is 0.664. The number of hydrogen-bond donors (Lipinski definition) is 2. The van der Waals surface area contributed by atoms with E-state index in [0.29, 0.717) is 5.56 Å². The highest BCUT2D eigenvalue weighted by Gasteiger charge is 2.10. The maximum absolute atomic E-state index is 11.3. The van der Waals surface area contributed by atoms with Crippen LogP contribution in [-0.4, -0.2) is 11.3 Å². The quantitative estimate of drug-likeness (QED) is 0.689. The molecule has 0 aliphatic carbocycles. The van der Waals surface area contributed by atoms with Gasteiger partial charge in [0.25, 0.3) is 0 Å². The lowest BCUT2D eigenvalue weighted by molar-refractivity contribution is 0.112. The Bertz CT molecular complexity index is 743. The molecule has 1 aromatic heterocycles. The van der Waals surface area contributed by atoms with Crippen LogP contribution in [-0.2, 0) is 0 Å². The molecule has 1 heterocycles. The fourth-order valence-electron chi connectivity index (χ4n) is 2.25. The first-order chi connectivity index (χ1) is 9.28. The van der Waals surface area contributed by atoms with Crippen molar-refractivity contribution in [1.82, 2.24) is 4.98 Å². The van der Waals surface area contributed by atoms with Gasteiger partial charge in [-0.1, -0.05) is 30.3 Å². The van der Waals surface area contributed by atoms with Gasteiger partial charge in [0.2, 0.25) is 0 Å². The van der Waals surface area contributed by atoms with E-state index in [1.165, 1.54) is 5.56 Å². The topological polar surface area (TPSA) is 44.9 Å². The third kappa shape index (κ3) is 2.10. The molecule has 2 aromatic carbocycles. The second kappa shape index (κ2) is 4.61. The van der Waals surface area contributed by atoms with Gasteiger partial charge in [-0.15, -0.1) is 0 Å². The molecule has 0 saturated carbocycles. The fourth-order valence-corrected chi connectivity index (χ4v) is 2.25. The molecule has 0 radical (unpaired) electrons. The molecule has 0 aliphatic heterocycles. The molecule has 3 nitrogen and oxygen atoms in total. The Balaban J connectivity index is 2.07. The Hall–Kier alpha value is -2.55. The van der Waals surface area contributed by atoms with Gasteiger partial charge in [-0.2, -0.15) is 0 Å². The minimum Gasteiger partial charge on any atom is -0.341 e. The zero-order valence-electron chi connectivity index (χ0n) is 10.6. The summed E-state index contributed by atoms with van der Waals surface area (Å²) in [5.74, 6) is 0.738. The minimum absolute atomic E-state index is 0.664. The summed E-state index contributed by atoms with van der Waals surface area (Å²) in [6.07, 6.45) is 0.886. The highest BCUT2D eigenvalue weighted by molar-refractivity contribution is 6.03. The number of carbonyl (C=O) groups is 1. The lowest BCUT2D eigenvalue weighted by Gasteiger charge is -2.05. The molecule has 3 rings (SSSR count). The number of benzene rings is 2. The van der Waals surface area contributed by atoms with Crippen LogP contribution in [0.4, 0.5) is 11.5 Å². The summed E-state index contributed by atoms with van der Waals surface area (Å²) < 4.78 is 0. The van der Waals surface area contributed by atoms with Gasteiger partial charge in [0.1, 0.15) is 5.82 Å². The molecule has 2 N–H and O–H groups in total. The summed E-state index contributed by atoms with van der Waals surface area (Å²) in [4.78, 5) is 14.5. The monoisotopic (exact) mass is 250 g/mol. The van der Waals surface area contributed by atoms with Crippen LogP contribution in [0.2, 0.25) is 0 Å². The van der Waals surface area contributed by atoms with Crippen LogP contribution in [0.25, 0.3) is 10.9 Å². The van der Waals surface area contributed by atoms with E-state index >= 15 is 0 Å². The van der Waals surface area contributed by atoms with Crippen molar-refractivity contribution in [2.75, 3.05) is 5.32 Å². The molecule has 0 unspecified atom stereocenters. The van der Waals surface area contributed by atoms with Crippen LogP contribution < -0.4 is 5.32 Å². The van der Waals surface area contributed by atoms with Crippen LogP contribution in [0, 0.1) is 6.92 Å². The number of carbonyl (C=O) groups excluding carboxylic acids is 1. The maximum Gasteiger partial charge on any atom is 0.154 e. The van der Waals surface area contributed by atoms with Crippen molar-refractivity contribution < 1.29 is 4.79 Å². The predicted molar refractivity (Wildman–Crippen MR) is 78.1 cm³/mol. The lowest BCUT2D eigenvalue weighted by atomic mass is 10.2. The zero-order valence-corrected chi connectivity index (χ0v) is 10.6. The van der Waals surface area contributed by atoms with E-state index in [1.54, 1.807) is 0 Å². The summed E-state index contributed by atoms with van der Waals surface area (Å²) in [6, 6.07) is 15.8. The molecule has 0 atom stereocenters. The molecule has 0 spiro atoms. The summed E-state index contributed by atoms with van der Waals surface area (Å²) in [6.45, 7) is 2.04. The van der Waals surface area contributed by atoms with Gasteiger partial charge in [0.15, 0.2) is 6.29 Å². The molecule has 3 heteroatoms. The van der Waals surface area contributed by atoms with Crippen LogP contribution in [0.5, 0.6) is 0 Å². The fraction of sp³-hybridized carbons (Fsp3) is 0.0625. The Morgan fingerprint density at radius 1 is 1.11 bits per heavy atom. The number of aldehydes is 1. The van der Waals surface area contributed by atoms with Crippen molar-refractivity contribution in [2.45, 2.75) is 6.92 Å². The average molecular weight is 250 g/mol. The summed E-state index contributed by atoms with van der Waals surface area (Å²) in [5, 5.41) is 4.20. The number of para-hydroxylation sites is 1. The molecule has 3 aromatic rings. The van der Waals surface area contributed by atoms with Crippen molar-refractivity contribution in [2.24, 2.45) is 0 Å². The average Bonchev–Trinajstić information content (AvgIpc) is 2.75. The molecule has 0 amide bonds. The first kappa shape index (κ1) is 11.5. The largest absolute Gasteiger partial charge is 0.341 e. The number of aryl methyl sites for hydroxylation is 1. The van der Waals surface area contributed by atoms with Crippen LogP contribution in [0.1, 0.15) is 15.9 Å². The van der Waals surface area contributed by atoms with Gasteiger partial charge in [-0.25, -0.2) is 0 Å². The van der Waals surface area contributed by atoms with E-state index in [-0.39, 0.29) is 0 Å². The van der Waals surface area contributed by atoms with Gasteiger partial charge in [-0.3, -0.25) is 4.79 Å². The van der Waals surface area contributed by atoms with Gasteiger partial charge in [0, 0.05) is 16.6 Å². The number of H-pyrrole nitrogens is 1. The third-order valence-corrected chi connectivity index (χ3v) is 3.15. The van der Waals surface area contributed by atoms with Gasteiger partial charge >= 0.3 is 0 Å². The molecule has 0 bridgehead atoms. The maximum atomic E-state index is 11.3. The predicted octanol–water partition coefficient (Wildman–Crippen LogP) is 4.03. The molecule has 0 aliphatic rings. The van der Waals surface area contributed by atoms with Gasteiger partial charge in [0.05, 0.1) is 5.56 Å². The summed E-state index contributed by atoms with van der Waals surface area (Å²) in [5.41, 5.74) is 3.76. The summed E-state index contributed by atoms with van der Waals surface area (Å²) >= 11 is 0. The number of rotatable bonds is 3. The Morgan fingerprint density at radius 2 is 1.95 bits per heavy atom. The highest BCUT2D eigenvalue weighted by Crippen LogP contribution is 2.27. The number of aromatic amines is 1. The Labute approximate surface area is 111 Å². The molecular formula is C16H14N2O. The van der Waals surface area contributed by atoms with Crippen molar-refractivity contribution >= 4 is 28.7 Å². The van der Waals surface area contributed by atoms with Crippen LogP contribution in [0.15, 0.2) is 48.5 Å². The smallest absolute Gasteiger partial charge is 0.154 e. The standard InChI is InChI=1S/C16H14N2O/c1-11-5-4-6-12(9-11)17-16-14(10-19)13-7-2-3-8-15(13)18-16/h2-10,17-18H,1H3. The van der Waals surface area contributed by atoms with E-state index < -0.39 is 0 Å². The van der Waals surface area contributed by atoms with E-state index in [0.717, 1.165) is 28.7 Å². The van der Waals surface area contributed by atoms with Crippen LogP contribution in [0.3, 0.4) is 0 Å². The number of fused-ring (bicyclic) bond motifs is 1. The normalized spacial score (nSPS) is 10.6. The second-order valence-electron chi connectivity index (χ2n) is 4.57. The number of nitrogens with one attached hydrogen (secondary N) is 2. The first-order valence-corrected chi connectivity index (χ1v) is 6.17.